The van der Waals surface area contributed by atoms with Crippen molar-refractivity contribution in [2.75, 3.05) is 18.1 Å². The smallest absolute Gasteiger partial charge is 0.320 e. The summed E-state index contributed by atoms with van der Waals surface area (Å²) in [5, 5.41) is 13.3. The normalized spacial score (nSPS) is 10.8. The zero-order chi connectivity index (χ0) is 19.7. The molecule has 0 saturated carbocycles. The number of amides is 2. The molecule has 5 N–H and O–H groups in total. The molecule has 0 fully saturated rings. The third-order valence-corrected chi connectivity index (χ3v) is 4.50. The molecule has 0 saturated heterocycles. The van der Waals surface area contributed by atoms with Crippen molar-refractivity contribution in [1.29, 1.82) is 0 Å². The van der Waals surface area contributed by atoms with Crippen molar-refractivity contribution < 1.29 is 4.79 Å². The molecule has 0 unspecified atom stereocenters. The third kappa shape index (κ3) is 3.21. The number of nitrogens with two attached hydrogens (primary N) is 1. The zero-order valence-electron chi connectivity index (χ0n) is 14.8. The van der Waals surface area contributed by atoms with Gasteiger partial charge >= 0.3 is 6.03 Å². The van der Waals surface area contributed by atoms with Crippen LogP contribution in [0.4, 0.5) is 16.4 Å². The SMILES string of the molecule is CNC(=O)Nc1nc(-c2cc(Cl)c3[nH]ncc3c2)c(-c2ccccc2)nc1N. The predicted molar refractivity (Wildman–Crippen MR) is 110 cm³/mol. The number of halogens is 1. The molecule has 2 aromatic heterocycles. The molecule has 0 aliphatic heterocycles. The Labute approximate surface area is 165 Å². The van der Waals surface area contributed by atoms with E-state index in [-0.39, 0.29) is 11.6 Å². The van der Waals surface area contributed by atoms with E-state index in [9.17, 15) is 4.79 Å². The maximum absolute atomic E-state index is 11.8. The predicted octanol–water partition coefficient (Wildman–Crippen LogP) is 3.67. The van der Waals surface area contributed by atoms with Crippen molar-refractivity contribution in [2.24, 2.45) is 0 Å². The lowest BCUT2D eigenvalue weighted by molar-refractivity contribution is 0.254. The van der Waals surface area contributed by atoms with Crippen LogP contribution in [0.5, 0.6) is 0 Å². The van der Waals surface area contributed by atoms with Crippen molar-refractivity contribution in [3.63, 3.8) is 0 Å². The minimum Gasteiger partial charge on any atom is -0.381 e. The number of nitrogens with zero attached hydrogens (tertiary/aromatic N) is 3. The zero-order valence-corrected chi connectivity index (χ0v) is 15.6. The van der Waals surface area contributed by atoms with Gasteiger partial charge in [-0.1, -0.05) is 41.9 Å². The number of aromatic nitrogens is 4. The monoisotopic (exact) mass is 393 g/mol. The maximum Gasteiger partial charge on any atom is 0.320 e. The fourth-order valence-electron chi connectivity index (χ4n) is 2.86. The van der Waals surface area contributed by atoms with E-state index in [1.54, 1.807) is 12.3 Å². The summed E-state index contributed by atoms with van der Waals surface area (Å²) >= 11 is 6.41. The van der Waals surface area contributed by atoms with Crippen LogP contribution in [-0.2, 0) is 0 Å². The van der Waals surface area contributed by atoms with Crippen LogP contribution in [0.2, 0.25) is 5.02 Å². The molecule has 0 atom stereocenters. The summed E-state index contributed by atoms with van der Waals surface area (Å²) in [6.07, 6.45) is 1.68. The minimum atomic E-state index is -0.442. The van der Waals surface area contributed by atoms with E-state index < -0.39 is 6.03 Å². The van der Waals surface area contributed by atoms with Crippen LogP contribution in [0.3, 0.4) is 0 Å². The van der Waals surface area contributed by atoms with E-state index >= 15 is 0 Å². The van der Waals surface area contributed by atoms with Crippen LogP contribution in [0.25, 0.3) is 33.4 Å². The van der Waals surface area contributed by atoms with E-state index in [0.717, 1.165) is 22.0 Å². The van der Waals surface area contributed by atoms with Gasteiger partial charge in [0, 0.05) is 23.6 Å². The Morgan fingerprint density at radius 3 is 2.61 bits per heavy atom. The lowest BCUT2D eigenvalue weighted by Gasteiger charge is -2.14. The van der Waals surface area contributed by atoms with Gasteiger partial charge in [0.05, 0.1) is 28.1 Å². The first kappa shape index (κ1) is 17.7. The highest BCUT2D eigenvalue weighted by molar-refractivity contribution is 6.35. The first-order chi connectivity index (χ1) is 13.6. The topological polar surface area (TPSA) is 122 Å². The molecule has 2 amide bonds. The second kappa shape index (κ2) is 7.16. The Bertz CT molecular complexity index is 1170. The fraction of sp³-hybridized carbons (Fsp3) is 0.0526. The summed E-state index contributed by atoms with van der Waals surface area (Å²) in [6.45, 7) is 0. The number of benzene rings is 2. The molecule has 4 aromatic rings. The van der Waals surface area contributed by atoms with Crippen LogP contribution in [0.1, 0.15) is 0 Å². The molecule has 0 radical (unpaired) electrons. The molecule has 140 valence electrons. The standard InChI is InChI=1S/C19H16ClN7O/c1-22-19(28)26-18-17(21)24-15(10-5-3-2-4-6-10)16(25-18)11-7-12-9-23-27-14(12)13(20)8-11/h2-9H,1H3,(H2,21,24)(H,23,27)(H2,22,25,26,28). The average Bonchev–Trinajstić information content (AvgIpc) is 3.19. The number of carbonyl (C=O) groups is 1. The number of hydrogen-bond acceptors (Lipinski definition) is 5. The number of rotatable bonds is 3. The van der Waals surface area contributed by atoms with Gasteiger partial charge in [0.25, 0.3) is 0 Å². The number of hydrogen-bond donors (Lipinski definition) is 4. The van der Waals surface area contributed by atoms with E-state index in [1.165, 1.54) is 7.05 Å². The average molecular weight is 394 g/mol. The third-order valence-electron chi connectivity index (χ3n) is 4.20. The number of anilines is 2. The van der Waals surface area contributed by atoms with Crippen molar-refractivity contribution in [2.45, 2.75) is 0 Å². The number of H-pyrrole nitrogens is 1. The molecule has 4 rings (SSSR count). The summed E-state index contributed by atoms with van der Waals surface area (Å²) in [7, 11) is 1.50. The van der Waals surface area contributed by atoms with Crippen molar-refractivity contribution in [3.05, 3.63) is 53.7 Å². The molecule has 28 heavy (non-hydrogen) atoms. The summed E-state index contributed by atoms with van der Waals surface area (Å²) in [5.74, 6) is 0.277. The van der Waals surface area contributed by atoms with Crippen LogP contribution in [-0.4, -0.2) is 33.2 Å². The molecule has 2 heterocycles. The van der Waals surface area contributed by atoms with Crippen molar-refractivity contribution in [1.82, 2.24) is 25.5 Å². The quantitative estimate of drug-likeness (QED) is 0.423. The number of fused-ring (bicyclic) bond motifs is 1. The van der Waals surface area contributed by atoms with E-state index in [0.29, 0.717) is 16.4 Å². The largest absolute Gasteiger partial charge is 0.381 e. The molecule has 9 heteroatoms. The summed E-state index contributed by atoms with van der Waals surface area (Å²) < 4.78 is 0. The number of urea groups is 1. The lowest BCUT2D eigenvalue weighted by Crippen LogP contribution is -2.26. The van der Waals surface area contributed by atoms with Crippen LogP contribution in [0.15, 0.2) is 48.7 Å². The molecule has 0 spiro atoms. The van der Waals surface area contributed by atoms with Crippen molar-refractivity contribution >= 4 is 40.2 Å². The summed E-state index contributed by atoms with van der Waals surface area (Å²) in [5.41, 5.74) is 9.48. The minimum absolute atomic E-state index is 0.113. The summed E-state index contributed by atoms with van der Waals surface area (Å²) in [4.78, 5) is 20.9. The van der Waals surface area contributed by atoms with Gasteiger partial charge in [0.15, 0.2) is 11.6 Å². The van der Waals surface area contributed by atoms with Gasteiger partial charge in [0.1, 0.15) is 0 Å². The first-order valence-electron chi connectivity index (χ1n) is 8.41. The molecular formula is C19H16ClN7O. The van der Waals surface area contributed by atoms with Gasteiger partial charge in [-0.05, 0) is 12.1 Å². The number of aromatic amines is 1. The second-order valence-corrected chi connectivity index (χ2v) is 6.42. The molecule has 0 bridgehead atoms. The summed E-state index contributed by atoms with van der Waals surface area (Å²) in [6, 6.07) is 12.8. The van der Waals surface area contributed by atoms with Crippen LogP contribution in [0, 0.1) is 0 Å². The Kier molecular flexibility index (Phi) is 4.54. The van der Waals surface area contributed by atoms with E-state index in [4.69, 9.17) is 17.3 Å². The highest BCUT2D eigenvalue weighted by Gasteiger charge is 2.18. The number of nitrogen functional groups attached to an aromatic ring is 1. The molecule has 2 aromatic carbocycles. The van der Waals surface area contributed by atoms with Gasteiger partial charge in [-0.15, -0.1) is 0 Å². The first-order valence-corrected chi connectivity index (χ1v) is 8.79. The Morgan fingerprint density at radius 2 is 1.86 bits per heavy atom. The van der Waals surface area contributed by atoms with Gasteiger partial charge in [-0.3, -0.25) is 10.4 Å². The Morgan fingerprint density at radius 1 is 1.11 bits per heavy atom. The number of carbonyl (C=O) groups excluding carboxylic acids is 1. The fourth-order valence-corrected chi connectivity index (χ4v) is 3.13. The lowest BCUT2D eigenvalue weighted by atomic mass is 10.0. The van der Waals surface area contributed by atoms with Crippen LogP contribution >= 0.6 is 11.6 Å². The van der Waals surface area contributed by atoms with E-state index in [2.05, 4.69) is 30.8 Å². The molecule has 0 aliphatic carbocycles. The molecule has 0 aliphatic rings. The van der Waals surface area contributed by atoms with Gasteiger partial charge in [0.2, 0.25) is 0 Å². The molecular weight excluding hydrogens is 378 g/mol. The Balaban J connectivity index is 1.96. The number of nitrogens with one attached hydrogen (secondary N) is 3. The van der Waals surface area contributed by atoms with E-state index in [1.807, 2.05) is 36.4 Å². The highest BCUT2D eigenvalue weighted by atomic mass is 35.5. The van der Waals surface area contributed by atoms with Gasteiger partial charge in [-0.25, -0.2) is 14.8 Å². The second-order valence-electron chi connectivity index (χ2n) is 6.02. The van der Waals surface area contributed by atoms with Gasteiger partial charge < -0.3 is 11.1 Å². The molecule has 8 nitrogen and oxygen atoms in total. The highest BCUT2D eigenvalue weighted by Crippen LogP contribution is 2.35. The van der Waals surface area contributed by atoms with Gasteiger partial charge in [-0.2, -0.15) is 5.10 Å². The Hall–Kier alpha value is -3.65. The maximum atomic E-state index is 11.8. The van der Waals surface area contributed by atoms with Crippen LogP contribution < -0.4 is 16.4 Å². The van der Waals surface area contributed by atoms with Crippen molar-refractivity contribution in [3.8, 4) is 22.5 Å².